The molecule has 0 aliphatic carbocycles. The predicted molar refractivity (Wildman–Crippen MR) is 53.9 cm³/mol. The summed E-state index contributed by atoms with van der Waals surface area (Å²) in [7, 11) is 1.73. The summed E-state index contributed by atoms with van der Waals surface area (Å²) in [6.45, 7) is 6.08. The van der Waals surface area contributed by atoms with Crippen LogP contribution in [0.2, 0.25) is 0 Å². The van der Waals surface area contributed by atoms with E-state index in [1.165, 1.54) is 0 Å². The molecule has 0 bridgehead atoms. The van der Waals surface area contributed by atoms with Crippen LogP contribution < -0.4 is 5.32 Å². The van der Waals surface area contributed by atoms with E-state index in [9.17, 15) is 0 Å². The maximum atomic E-state index is 5.75. The summed E-state index contributed by atoms with van der Waals surface area (Å²) in [6, 6.07) is 0. The SMILES string of the molecule is COCCCCNC(C)(C)CCl. The number of hydrogen-bond acceptors (Lipinski definition) is 2. The quantitative estimate of drug-likeness (QED) is 0.494. The molecular formula is C9H20ClNO. The third-order valence-corrected chi connectivity index (χ3v) is 2.38. The van der Waals surface area contributed by atoms with Crippen molar-refractivity contribution >= 4 is 11.6 Å². The molecule has 0 atom stereocenters. The Hall–Kier alpha value is 0.210. The van der Waals surface area contributed by atoms with E-state index in [1.807, 2.05) is 0 Å². The lowest BCUT2D eigenvalue weighted by Gasteiger charge is -2.23. The molecule has 0 rings (SSSR count). The van der Waals surface area contributed by atoms with E-state index in [4.69, 9.17) is 16.3 Å². The average Bonchev–Trinajstić information content (AvgIpc) is 2.04. The number of alkyl halides is 1. The molecule has 0 unspecified atom stereocenters. The minimum Gasteiger partial charge on any atom is -0.385 e. The number of methoxy groups -OCH3 is 1. The van der Waals surface area contributed by atoms with Crippen molar-refractivity contribution in [3.8, 4) is 0 Å². The molecule has 0 saturated heterocycles. The number of nitrogens with one attached hydrogen (secondary N) is 1. The highest BCUT2D eigenvalue weighted by molar-refractivity contribution is 6.18. The number of rotatable bonds is 7. The summed E-state index contributed by atoms with van der Waals surface area (Å²) in [6.07, 6.45) is 2.26. The Morgan fingerprint density at radius 3 is 2.50 bits per heavy atom. The maximum absolute atomic E-state index is 5.75. The molecule has 0 aromatic heterocycles. The highest BCUT2D eigenvalue weighted by Gasteiger charge is 2.13. The molecule has 0 aliphatic heterocycles. The Morgan fingerprint density at radius 1 is 1.33 bits per heavy atom. The molecule has 0 fully saturated rings. The van der Waals surface area contributed by atoms with Crippen molar-refractivity contribution in [2.24, 2.45) is 0 Å². The van der Waals surface area contributed by atoms with Gasteiger partial charge in [0.25, 0.3) is 0 Å². The van der Waals surface area contributed by atoms with Crippen molar-refractivity contribution in [2.75, 3.05) is 26.1 Å². The van der Waals surface area contributed by atoms with Gasteiger partial charge < -0.3 is 10.1 Å². The normalized spacial score (nSPS) is 12.0. The molecule has 0 aromatic rings. The number of ether oxygens (including phenoxy) is 1. The molecule has 0 aromatic carbocycles. The van der Waals surface area contributed by atoms with Crippen molar-refractivity contribution < 1.29 is 4.74 Å². The van der Waals surface area contributed by atoms with Crippen LogP contribution in [0.15, 0.2) is 0 Å². The van der Waals surface area contributed by atoms with Gasteiger partial charge in [-0.25, -0.2) is 0 Å². The van der Waals surface area contributed by atoms with Crippen LogP contribution in [0.1, 0.15) is 26.7 Å². The van der Waals surface area contributed by atoms with Gasteiger partial charge in [0.2, 0.25) is 0 Å². The lowest BCUT2D eigenvalue weighted by atomic mass is 10.1. The van der Waals surface area contributed by atoms with Gasteiger partial charge in [-0.2, -0.15) is 0 Å². The van der Waals surface area contributed by atoms with E-state index in [1.54, 1.807) is 7.11 Å². The molecule has 0 saturated carbocycles. The van der Waals surface area contributed by atoms with Gasteiger partial charge in [0.05, 0.1) is 0 Å². The molecule has 0 radical (unpaired) electrons. The van der Waals surface area contributed by atoms with E-state index < -0.39 is 0 Å². The molecule has 0 spiro atoms. The molecule has 0 heterocycles. The number of unbranched alkanes of at least 4 members (excludes halogenated alkanes) is 1. The molecule has 3 heteroatoms. The van der Waals surface area contributed by atoms with E-state index in [2.05, 4.69) is 19.2 Å². The summed E-state index contributed by atoms with van der Waals surface area (Å²) in [5, 5.41) is 3.38. The summed E-state index contributed by atoms with van der Waals surface area (Å²) in [4.78, 5) is 0. The molecule has 2 nitrogen and oxygen atoms in total. The Labute approximate surface area is 80.6 Å². The van der Waals surface area contributed by atoms with Crippen molar-refractivity contribution in [1.82, 2.24) is 5.32 Å². The number of halogens is 1. The second kappa shape index (κ2) is 6.70. The zero-order valence-corrected chi connectivity index (χ0v) is 9.08. The topological polar surface area (TPSA) is 21.3 Å². The second-order valence-electron chi connectivity index (χ2n) is 3.64. The maximum Gasteiger partial charge on any atom is 0.0462 e. The van der Waals surface area contributed by atoms with Crippen molar-refractivity contribution in [1.29, 1.82) is 0 Å². The van der Waals surface area contributed by atoms with Gasteiger partial charge in [0.15, 0.2) is 0 Å². The third kappa shape index (κ3) is 6.89. The zero-order chi connectivity index (χ0) is 9.45. The highest BCUT2D eigenvalue weighted by atomic mass is 35.5. The van der Waals surface area contributed by atoms with Crippen LogP contribution in [-0.2, 0) is 4.74 Å². The van der Waals surface area contributed by atoms with Crippen molar-refractivity contribution in [3.63, 3.8) is 0 Å². The van der Waals surface area contributed by atoms with Gasteiger partial charge >= 0.3 is 0 Å². The molecule has 74 valence electrons. The number of hydrogen-bond donors (Lipinski definition) is 1. The monoisotopic (exact) mass is 193 g/mol. The Balaban J connectivity index is 3.19. The van der Waals surface area contributed by atoms with Crippen molar-refractivity contribution in [2.45, 2.75) is 32.2 Å². The van der Waals surface area contributed by atoms with Crippen LogP contribution in [0.3, 0.4) is 0 Å². The smallest absolute Gasteiger partial charge is 0.0462 e. The van der Waals surface area contributed by atoms with Gasteiger partial charge in [0, 0.05) is 25.1 Å². The first-order valence-corrected chi connectivity index (χ1v) is 4.96. The largest absolute Gasteiger partial charge is 0.385 e. The van der Waals surface area contributed by atoms with Crippen LogP contribution in [0.25, 0.3) is 0 Å². The summed E-state index contributed by atoms with van der Waals surface area (Å²) >= 11 is 5.75. The van der Waals surface area contributed by atoms with Crippen LogP contribution in [0.5, 0.6) is 0 Å². The molecule has 12 heavy (non-hydrogen) atoms. The molecular weight excluding hydrogens is 174 g/mol. The highest BCUT2D eigenvalue weighted by Crippen LogP contribution is 2.04. The lowest BCUT2D eigenvalue weighted by Crippen LogP contribution is -2.41. The second-order valence-corrected chi connectivity index (χ2v) is 3.91. The van der Waals surface area contributed by atoms with E-state index in [-0.39, 0.29) is 5.54 Å². The molecule has 0 amide bonds. The van der Waals surface area contributed by atoms with E-state index in [0.29, 0.717) is 5.88 Å². The van der Waals surface area contributed by atoms with E-state index >= 15 is 0 Å². The lowest BCUT2D eigenvalue weighted by molar-refractivity contribution is 0.191. The van der Waals surface area contributed by atoms with Crippen LogP contribution in [0, 0.1) is 0 Å². The summed E-state index contributed by atoms with van der Waals surface area (Å²) in [5.74, 6) is 0.650. The van der Waals surface area contributed by atoms with Crippen molar-refractivity contribution in [3.05, 3.63) is 0 Å². The van der Waals surface area contributed by atoms with Crippen LogP contribution in [-0.4, -0.2) is 31.7 Å². The fraction of sp³-hybridized carbons (Fsp3) is 1.00. The first-order valence-electron chi connectivity index (χ1n) is 4.42. The Bertz CT molecular complexity index is 107. The zero-order valence-electron chi connectivity index (χ0n) is 8.32. The molecule has 1 N–H and O–H groups in total. The average molecular weight is 194 g/mol. The van der Waals surface area contributed by atoms with Gasteiger partial charge in [-0.15, -0.1) is 11.6 Å². The third-order valence-electron chi connectivity index (χ3n) is 1.71. The van der Waals surface area contributed by atoms with Crippen LogP contribution >= 0.6 is 11.6 Å². The summed E-state index contributed by atoms with van der Waals surface area (Å²) in [5.41, 5.74) is 0.0641. The van der Waals surface area contributed by atoms with Gasteiger partial charge in [-0.1, -0.05) is 0 Å². The van der Waals surface area contributed by atoms with Gasteiger partial charge in [-0.3, -0.25) is 0 Å². The van der Waals surface area contributed by atoms with Gasteiger partial charge in [0.1, 0.15) is 0 Å². The first-order chi connectivity index (χ1) is 5.62. The van der Waals surface area contributed by atoms with Gasteiger partial charge in [-0.05, 0) is 33.2 Å². The van der Waals surface area contributed by atoms with E-state index in [0.717, 1.165) is 26.0 Å². The van der Waals surface area contributed by atoms with Crippen LogP contribution in [0.4, 0.5) is 0 Å². The minimum absolute atomic E-state index is 0.0641. The fourth-order valence-corrected chi connectivity index (χ4v) is 0.940. The first kappa shape index (κ1) is 12.2. The Kier molecular flexibility index (Phi) is 6.81. The fourth-order valence-electron chi connectivity index (χ4n) is 0.845. The Morgan fingerprint density at radius 2 is 2.00 bits per heavy atom. The minimum atomic E-state index is 0.0641. The summed E-state index contributed by atoms with van der Waals surface area (Å²) < 4.78 is 4.95. The standard InChI is InChI=1S/C9H20ClNO/c1-9(2,8-10)11-6-4-5-7-12-3/h11H,4-8H2,1-3H3. The molecule has 0 aliphatic rings. The predicted octanol–water partition coefficient (Wildman–Crippen LogP) is 2.02.